The van der Waals surface area contributed by atoms with Crippen molar-refractivity contribution in [2.45, 2.75) is 5.92 Å². The number of methoxy groups -OCH3 is 1. The SMILES string of the molecule is COc1cc2c(cc1C(CN)C(=O)O)OCO2. The second kappa shape index (κ2) is 4.50. The van der Waals surface area contributed by atoms with Gasteiger partial charge in [0.05, 0.1) is 13.0 Å². The summed E-state index contributed by atoms with van der Waals surface area (Å²) < 4.78 is 15.5. The minimum atomic E-state index is -0.996. The van der Waals surface area contributed by atoms with Crippen LogP contribution in [0.15, 0.2) is 12.1 Å². The van der Waals surface area contributed by atoms with Crippen molar-refractivity contribution in [1.29, 1.82) is 0 Å². The summed E-state index contributed by atoms with van der Waals surface area (Å²) in [5.41, 5.74) is 5.96. The standard InChI is InChI=1S/C11H13NO5/c1-15-8-3-10-9(16-5-17-10)2-6(8)7(4-12)11(13)14/h2-3,7H,4-5,12H2,1H3,(H,13,14). The summed E-state index contributed by atoms with van der Waals surface area (Å²) in [6.07, 6.45) is 0. The minimum absolute atomic E-state index is 0.00859. The molecule has 92 valence electrons. The van der Waals surface area contributed by atoms with E-state index in [1.165, 1.54) is 7.11 Å². The van der Waals surface area contributed by atoms with Gasteiger partial charge in [0.25, 0.3) is 0 Å². The number of carbonyl (C=O) groups is 1. The fraction of sp³-hybridized carbons (Fsp3) is 0.364. The van der Waals surface area contributed by atoms with Crippen molar-refractivity contribution in [3.05, 3.63) is 17.7 Å². The average Bonchev–Trinajstić information content (AvgIpc) is 2.75. The molecule has 6 nitrogen and oxygen atoms in total. The van der Waals surface area contributed by atoms with Gasteiger partial charge in [0, 0.05) is 18.2 Å². The van der Waals surface area contributed by atoms with Crippen LogP contribution in [0.2, 0.25) is 0 Å². The lowest BCUT2D eigenvalue weighted by Gasteiger charge is -2.15. The first kappa shape index (κ1) is 11.5. The number of aliphatic carboxylic acids is 1. The molecule has 0 aromatic heterocycles. The van der Waals surface area contributed by atoms with Crippen LogP contribution in [-0.4, -0.2) is 31.5 Å². The van der Waals surface area contributed by atoms with Crippen LogP contribution in [0.1, 0.15) is 11.5 Å². The predicted molar refractivity (Wildman–Crippen MR) is 58.5 cm³/mol. The number of hydrogen-bond acceptors (Lipinski definition) is 5. The molecule has 0 saturated heterocycles. The number of benzene rings is 1. The zero-order chi connectivity index (χ0) is 12.4. The molecule has 2 rings (SSSR count). The van der Waals surface area contributed by atoms with Crippen LogP contribution in [0, 0.1) is 0 Å². The lowest BCUT2D eigenvalue weighted by atomic mass is 9.98. The second-order valence-electron chi connectivity index (χ2n) is 3.57. The number of rotatable bonds is 4. The molecule has 1 aliphatic heterocycles. The van der Waals surface area contributed by atoms with Gasteiger partial charge in [-0.25, -0.2) is 0 Å². The van der Waals surface area contributed by atoms with E-state index in [-0.39, 0.29) is 13.3 Å². The number of fused-ring (bicyclic) bond motifs is 1. The van der Waals surface area contributed by atoms with Gasteiger partial charge in [-0.05, 0) is 6.07 Å². The smallest absolute Gasteiger partial charge is 0.312 e. The van der Waals surface area contributed by atoms with E-state index in [1.807, 2.05) is 0 Å². The predicted octanol–water partition coefficient (Wildman–Crippen LogP) is 0.551. The molecule has 0 amide bonds. The Labute approximate surface area is 97.9 Å². The van der Waals surface area contributed by atoms with Crippen molar-refractivity contribution in [2.75, 3.05) is 20.4 Å². The molecule has 0 saturated carbocycles. The van der Waals surface area contributed by atoms with E-state index in [4.69, 9.17) is 25.1 Å². The Balaban J connectivity index is 2.48. The first-order valence-corrected chi connectivity index (χ1v) is 5.07. The summed E-state index contributed by atoms with van der Waals surface area (Å²) >= 11 is 0. The summed E-state index contributed by atoms with van der Waals surface area (Å²) in [6, 6.07) is 3.22. The van der Waals surface area contributed by atoms with E-state index < -0.39 is 11.9 Å². The van der Waals surface area contributed by atoms with E-state index in [2.05, 4.69) is 0 Å². The molecular formula is C11H13NO5. The summed E-state index contributed by atoms with van der Waals surface area (Å²) in [5, 5.41) is 9.09. The molecule has 1 aromatic carbocycles. The second-order valence-corrected chi connectivity index (χ2v) is 3.57. The highest BCUT2D eigenvalue weighted by atomic mass is 16.7. The summed E-state index contributed by atoms with van der Waals surface area (Å²) in [6.45, 7) is 0.119. The molecule has 0 fully saturated rings. The van der Waals surface area contributed by atoms with Gasteiger partial charge in [-0.2, -0.15) is 0 Å². The van der Waals surface area contributed by atoms with Gasteiger partial charge in [-0.1, -0.05) is 0 Å². The Hall–Kier alpha value is -1.95. The van der Waals surface area contributed by atoms with Gasteiger partial charge in [0.1, 0.15) is 5.75 Å². The molecular weight excluding hydrogens is 226 g/mol. The fourth-order valence-electron chi connectivity index (χ4n) is 1.75. The van der Waals surface area contributed by atoms with Gasteiger partial charge in [-0.3, -0.25) is 4.79 Å². The third-order valence-corrected chi connectivity index (χ3v) is 2.63. The maximum atomic E-state index is 11.1. The normalized spacial score (nSPS) is 14.5. The molecule has 1 unspecified atom stereocenters. The molecule has 3 N–H and O–H groups in total. The van der Waals surface area contributed by atoms with E-state index in [0.717, 1.165) is 0 Å². The number of carboxylic acids is 1. The van der Waals surface area contributed by atoms with Gasteiger partial charge >= 0.3 is 5.97 Å². The van der Waals surface area contributed by atoms with Crippen LogP contribution in [0.5, 0.6) is 17.2 Å². The van der Waals surface area contributed by atoms with E-state index >= 15 is 0 Å². The molecule has 0 aliphatic carbocycles. The Bertz CT molecular complexity index is 446. The summed E-state index contributed by atoms with van der Waals surface area (Å²) in [5.74, 6) is -0.316. The van der Waals surface area contributed by atoms with Crippen molar-refractivity contribution in [1.82, 2.24) is 0 Å². The summed E-state index contributed by atoms with van der Waals surface area (Å²) in [4.78, 5) is 11.1. The van der Waals surface area contributed by atoms with Crippen molar-refractivity contribution >= 4 is 5.97 Å². The number of hydrogen-bond donors (Lipinski definition) is 2. The van der Waals surface area contributed by atoms with Gasteiger partial charge in [0.2, 0.25) is 6.79 Å². The highest BCUT2D eigenvalue weighted by Crippen LogP contribution is 2.40. The number of carboxylic acid groups (broad SMARTS) is 1. The van der Waals surface area contributed by atoms with Crippen LogP contribution < -0.4 is 19.9 Å². The molecule has 0 radical (unpaired) electrons. The van der Waals surface area contributed by atoms with E-state index in [9.17, 15) is 4.79 Å². The van der Waals surface area contributed by atoms with Gasteiger partial charge < -0.3 is 25.1 Å². The van der Waals surface area contributed by atoms with Crippen LogP contribution in [0.25, 0.3) is 0 Å². The Morgan fingerprint density at radius 3 is 2.71 bits per heavy atom. The van der Waals surface area contributed by atoms with Gasteiger partial charge in [-0.15, -0.1) is 0 Å². The van der Waals surface area contributed by atoms with Crippen molar-refractivity contribution < 1.29 is 24.1 Å². The molecule has 1 aliphatic rings. The Kier molecular flexibility index (Phi) is 3.06. The molecule has 1 aromatic rings. The molecule has 6 heteroatoms. The maximum absolute atomic E-state index is 11.1. The minimum Gasteiger partial charge on any atom is -0.496 e. The zero-order valence-electron chi connectivity index (χ0n) is 9.30. The summed E-state index contributed by atoms with van der Waals surface area (Å²) in [7, 11) is 1.47. The van der Waals surface area contributed by atoms with Crippen molar-refractivity contribution in [2.24, 2.45) is 5.73 Å². The average molecular weight is 239 g/mol. The van der Waals surface area contributed by atoms with E-state index in [0.29, 0.717) is 22.8 Å². The topological polar surface area (TPSA) is 91.0 Å². The van der Waals surface area contributed by atoms with Crippen molar-refractivity contribution in [3.63, 3.8) is 0 Å². The zero-order valence-corrected chi connectivity index (χ0v) is 9.30. The molecule has 1 heterocycles. The Morgan fingerprint density at radius 2 is 2.18 bits per heavy atom. The maximum Gasteiger partial charge on any atom is 0.312 e. The van der Waals surface area contributed by atoms with Crippen LogP contribution in [0.4, 0.5) is 0 Å². The molecule has 1 atom stereocenters. The largest absolute Gasteiger partial charge is 0.496 e. The fourth-order valence-corrected chi connectivity index (χ4v) is 1.75. The third-order valence-electron chi connectivity index (χ3n) is 2.63. The van der Waals surface area contributed by atoms with Crippen LogP contribution in [-0.2, 0) is 4.79 Å². The monoisotopic (exact) mass is 239 g/mol. The number of ether oxygens (including phenoxy) is 3. The molecule has 17 heavy (non-hydrogen) atoms. The quantitative estimate of drug-likeness (QED) is 0.797. The molecule has 0 bridgehead atoms. The lowest BCUT2D eigenvalue weighted by molar-refractivity contribution is -0.138. The van der Waals surface area contributed by atoms with Gasteiger partial charge in [0.15, 0.2) is 11.5 Å². The molecule has 0 spiro atoms. The first-order valence-electron chi connectivity index (χ1n) is 5.07. The van der Waals surface area contributed by atoms with Crippen molar-refractivity contribution in [3.8, 4) is 17.2 Å². The first-order chi connectivity index (χ1) is 8.17. The van der Waals surface area contributed by atoms with Crippen LogP contribution >= 0.6 is 0 Å². The van der Waals surface area contributed by atoms with E-state index in [1.54, 1.807) is 12.1 Å². The highest BCUT2D eigenvalue weighted by molar-refractivity contribution is 5.78. The number of nitrogens with two attached hydrogens (primary N) is 1. The lowest BCUT2D eigenvalue weighted by Crippen LogP contribution is -2.21. The Morgan fingerprint density at radius 1 is 1.53 bits per heavy atom. The highest BCUT2D eigenvalue weighted by Gasteiger charge is 2.26. The van der Waals surface area contributed by atoms with Crippen LogP contribution in [0.3, 0.4) is 0 Å². The third kappa shape index (κ3) is 1.99.